The zero-order valence-corrected chi connectivity index (χ0v) is 9.03. The molecule has 88 valence electrons. The fourth-order valence-electron chi connectivity index (χ4n) is 1.78. The van der Waals surface area contributed by atoms with Crippen molar-refractivity contribution in [2.45, 2.75) is 18.4 Å². The van der Waals surface area contributed by atoms with Crippen LogP contribution in [0.5, 0.6) is 0 Å². The molecule has 1 fully saturated rings. The van der Waals surface area contributed by atoms with Gasteiger partial charge in [-0.1, -0.05) is 12.0 Å². The van der Waals surface area contributed by atoms with Gasteiger partial charge in [-0.3, -0.25) is 14.9 Å². The van der Waals surface area contributed by atoms with E-state index in [9.17, 15) is 14.4 Å². The number of terminal acetylenes is 1. The van der Waals surface area contributed by atoms with E-state index in [-0.39, 0.29) is 12.5 Å². The SMILES string of the molecule is C#CC1(CN2C=CCCC2=O)NC(=O)NC1=O. The highest BCUT2D eigenvalue weighted by Gasteiger charge is 2.46. The summed E-state index contributed by atoms with van der Waals surface area (Å²) in [5, 5.41) is 4.44. The van der Waals surface area contributed by atoms with Gasteiger partial charge in [0.2, 0.25) is 11.4 Å². The van der Waals surface area contributed by atoms with Crippen LogP contribution in [0.15, 0.2) is 12.3 Å². The van der Waals surface area contributed by atoms with Crippen LogP contribution in [0.1, 0.15) is 12.8 Å². The van der Waals surface area contributed by atoms with E-state index in [0.29, 0.717) is 12.8 Å². The summed E-state index contributed by atoms with van der Waals surface area (Å²) >= 11 is 0. The summed E-state index contributed by atoms with van der Waals surface area (Å²) < 4.78 is 0. The van der Waals surface area contributed by atoms with Gasteiger partial charge < -0.3 is 10.2 Å². The van der Waals surface area contributed by atoms with Crippen LogP contribution >= 0.6 is 0 Å². The smallest absolute Gasteiger partial charge is 0.315 e. The Morgan fingerprint density at radius 2 is 2.24 bits per heavy atom. The van der Waals surface area contributed by atoms with Crippen molar-refractivity contribution in [1.29, 1.82) is 0 Å². The van der Waals surface area contributed by atoms with Crippen molar-refractivity contribution in [2.24, 2.45) is 0 Å². The summed E-state index contributed by atoms with van der Waals surface area (Å²) in [6, 6.07) is -0.638. The van der Waals surface area contributed by atoms with Crippen LogP contribution in [-0.2, 0) is 9.59 Å². The number of nitrogens with one attached hydrogen (secondary N) is 2. The molecule has 2 N–H and O–H groups in total. The second-order valence-electron chi connectivity index (χ2n) is 3.90. The summed E-state index contributed by atoms with van der Waals surface area (Å²) in [5.41, 5.74) is -1.46. The Balaban J connectivity index is 2.21. The van der Waals surface area contributed by atoms with E-state index in [2.05, 4.69) is 16.6 Å². The Morgan fingerprint density at radius 3 is 2.76 bits per heavy atom. The van der Waals surface area contributed by atoms with E-state index in [1.54, 1.807) is 6.20 Å². The first-order chi connectivity index (χ1) is 8.07. The van der Waals surface area contributed by atoms with Crippen LogP contribution in [0.2, 0.25) is 0 Å². The van der Waals surface area contributed by atoms with Crippen molar-refractivity contribution < 1.29 is 14.4 Å². The van der Waals surface area contributed by atoms with Gasteiger partial charge in [-0.2, -0.15) is 0 Å². The van der Waals surface area contributed by atoms with Crippen molar-refractivity contribution in [3.63, 3.8) is 0 Å². The Hall–Kier alpha value is -2.29. The van der Waals surface area contributed by atoms with E-state index < -0.39 is 17.5 Å². The molecule has 6 heteroatoms. The molecule has 2 rings (SSSR count). The van der Waals surface area contributed by atoms with E-state index in [1.165, 1.54) is 4.90 Å². The highest BCUT2D eigenvalue weighted by Crippen LogP contribution is 2.16. The largest absolute Gasteiger partial charge is 0.323 e. The lowest BCUT2D eigenvalue weighted by atomic mass is 10.00. The van der Waals surface area contributed by atoms with Crippen molar-refractivity contribution in [3.05, 3.63) is 12.3 Å². The standard InChI is InChI=1S/C11H11N3O3/c1-2-11(9(16)12-10(17)13-11)7-14-6-4-3-5-8(14)15/h1,4,6H,3,5,7H2,(H2,12,13,16,17). The number of urea groups is 1. The van der Waals surface area contributed by atoms with E-state index >= 15 is 0 Å². The van der Waals surface area contributed by atoms with E-state index in [1.807, 2.05) is 6.08 Å². The number of rotatable bonds is 2. The predicted octanol–water partition coefficient (Wildman–Crippen LogP) is -0.666. The summed E-state index contributed by atoms with van der Waals surface area (Å²) in [6.07, 6.45) is 9.76. The van der Waals surface area contributed by atoms with Crippen molar-refractivity contribution in [3.8, 4) is 12.3 Å². The molecule has 17 heavy (non-hydrogen) atoms. The van der Waals surface area contributed by atoms with Crippen LogP contribution in [-0.4, -0.2) is 34.8 Å². The second kappa shape index (κ2) is 3.94. The van der Waals surface area contributed by atoms with Crippen LogP contribution in [0.4, 0.5) is 4.79 Å². The van der Waals surface area contributed by atoms with Crippen LogP contribution in [0, 0.1) is 12.3 Å². The van der Waals surface area contributed by atoms with Crippen molar-refractivity contribution in [2.75, 3.05) is 6.54 Å². The fraction of sp³-hybridized carbons (Fsp3) is 0.364. The number of amides is 4. The third kappa shape index (κ3) is 1.87. The minimum absolute atomic E-state index is 0.0452. The fourth-order valence-corrected chi connectivity index (χ4v) is 1.78. The molecule has 0 aromatic heterocycles. The topological polar surface area (TPSA) is 78.5 Å². The average Bonchev–Trinajstić information content (AvgIpc) is 2.58. The van der Waals surface area contributed by atoms with Crippen molar-refractivity contribution >= 4 is 17.8 Å². The zero-order chi connectivity index (χ0) is 12.5. The molecular weight excluding hydrogens is 222 g/mol. The molecule has 0 saturated carbocycles. The Bertz CT molecular complexity index is 463. The van der Waals surface area contributed by atoms with Gasteiger partial charge >= 0.3 is 6.03 Å². The first kappa shape index (κ1) is 11.2. The second-order valence-corrected chi connectivity index (χ2v) is 3.90. The number of hydrogen-bond acceptors (Lipinski definition) is 3. The van der Waals surface area contributed by atoms with E-state index in [0.717, 1.165) is 0 Å². The summed E-state index contributed by atoms with van der Waals surface area (Å²) in [7, 11) is 0. The van der Waals surface area contributed by atoms with Crippen LogP contribution in [0.25, 0.3) is 0 Å². The molecule has 2 aliphatic rings. The minimum atomic E-state index is -1.46. The third-order valence-electron chi connectivity index (χ3n) is 2.73. The number of imide groups is 1. The zero-order valence-electron chi connectivity index (χ0n) is 9.03. The molecule has 0 aromatic carbocycles. The lowest BCUT2D eigenvalue weighted by molar-refractivity contribution is -0.130. The molecular formula is C11H11N3O3. The highest BCUT2D eigenvalue weighted by molar-refractivity contribution is 6.09. The molecule has 0 spiro atoms. The molecule has 0 bridgehead atoms. The third-order valence-corrected chi connectivity index (χ3v) is 2.73. The van der Waals surface area contributed by atoms with Crippen LogP contribution < -0.4 is 10.6 Å². The number of carbonyl (C=O) groups excluding carboxylic acids is 3. The first-order valence-corrected chi connectivity index (χ1v) is 5.15. The maximum Gasteiger partial charge on any atom is 0.323 e. The Morgan fingerprint density at radius 1 is 1.47 bits per heavy atom. The molecule has 1 saturated heterocycles. The average molecular weight is 233 g/mol. The minimum Gasteiger partial charge on any atom is -0.315 e. The van der Waals surface area contributed by atoms with E-state index in [4.69, 9.17) is 6.42 Å². The highest BCUT2D eigenvalue weighted by atomic mass is 16.2. The van der Waals surface area contributed by atoms with Gasteiger partial charge in [-0.15, -0.1) is 6.42 Å². The summed E-state index contributed by atoms with van der Waals surface area (Å²) in [6.45, 7) is -0.0452. The normalized spacial score (nSPS) is 27.7. The number of hydrogen-bond donors (Lipinski definition) is 2. The van der Waals surface area contributed by atoms with Crippen molar-refractivity contribution in [1.82, 2.24) is 15.5 Å². The monoisotopic (exact) mass is 233 g/mol. The maximum atomic E-state index is 11.6. The van der Waals surface area contributed by atoms with Gasteiger partial charge in [0.05, 0.1) is 6.54 Å². The number of nitrogens with zero attached hydrogens (tertiary/aromatic N) is 1. The van der Waals surface area contributed by atoms with Gasteiger partial charge in [-0.25, -0.2) is 4.79 Å². The molecule has 2 heterocycles. The molecule has 0 aliphatic carbocycles. The molecule has 4 amide bonds. The Labute approximate surface area is 98.0 Å². The molecule has 1 atom stereocenters. The summed E-state index contributed by atoms with van der Waals surface area (Å²) in [4.78, 5) is 35.7. The lowest BCUT2D eigenvalue weighted by Crippen LogP contribution is -2.54. The number of carbonyl (C=O) groups is 3. The first-order valence-electron chi connectivity index (χ1n) is 5.15. The summed E-state index contributed by atoms with van der Waals surface area (Å²) in [5.74, 6) is 1.54. The van der Waals surface area contributed by atoms with Gasteiger partial charge in [0.1, 0.15) is 0 Å². The Kier molecular flexibility index (Phi) is 2.60. The quantitative estimate of drug-likeness (QED) is 0.490. The van der Waals surface area contributed by atoms with Crippen LogP contribution in [0.3, 0.4) is 0 Å². The molecule has 6 nitrogen and oxygen atoms in total. The van der Waals surface area contributed by atoms with Gasteiger partial charge in [-0.05, 0) is 6.42 Å². The van der Waals surface area contributed by atoms with Gasteiger partial charge in [0, 0.05) is 12.6 Å². The molecule has 2 aliphatic heterocycles. The van der Waals surface area contributed by atoms with Gasteiger partial charge in [0.25, 0.3) is 5.91 Å². The number of allylic oxidation sites excluding steroid dienone is 1. The molecule has 0 aromatic rings. The molecule has 1 unspecified atom stereocenters. The maximum absolute atomic E-state index is 11.6. The van der Waals surface area contributed by atoms with Gasteiger partial charge in [0.15, 0.2) is 0 Å². The molecule has 0 radical (unpaired) electrons. The lowest BCUT2D eigenvalue weighted by Gasteiger charge is -2.28. The predicted molar refractivity (Wildman–Crippen MR) is 58.3 cm³/mol.